The fourth-order valence-corrected chi connectivity index (χ4v) is 3.67. The maximum atomic E-state index is 12.4. The highest BCUT2D eigenvalue weighted by molar-refractivity contribution is 6.30. The number of benzene rings is 2. The maximum absolute atomic E-state index is 12.4. The van der Waals surface area contributed by atoms with E-state index in [4.69, 9.17) is 20.9 Å². The molecule has 1 atom stereocenters. The van der Waals surface area contributed by atoms with Gasteiger partial charge in [0.05, 0.1) is 12.0 Å². The molecule has 7 heteroatoms. The number of halogens is 1. The molecule has 156 valence electrons. The molecular weight excluding hydrogens is 402 g/mol. The van der Waals surface area contributed by atoms with Gasteiger partial charge in [-0.3, -0.25) is 4.79 Å². The van der Waals surface area contributed by atoms with E-state index in [0.717, 1.165) is 23.3 Å². The third-order valence-corrected chi connectivity index (χ3v) is 5.33. The highest BCUT2D eigenvalue weighted by Crippen LogP contribution is 2.29. The smallest absolute Gasteiger partial charge is 0.232 e. The summed E-state index contributed by atoms with van der Waals surface area (Å²) in [6.45, 7) is 5.23. The third-order valence-electron chi connectivity index (χ3n) is 5.07. The molecule has 0 N–H and O–H groups in total. The van der Waals surface area contributed by atoms with E-state index < -0.39 is 0 Å². The van der Waals surface area contributed by atoms with Crippen molar-refractivity contribution in [1.82, 2.24) is 15.0 Å². The van der Waals surface area contributed by atoms with Gasteiger partial charge in [-0.25, -0.2) is 0 Å². The van der Waals surface area contributed by atoms with E-state index in [-0.39, 0.29) is 17.9 Å². The average molecular weight is 426 g/mol. The lowest BCUT2D eigenvalue weighted by atomic mass is 10.1. The summed E-state index contributed by atoms with van der Waals surface area (Å²) in [6.07, 6.45) is 1.30. The first-order valence-electron chi connectivity index (χ1n) is 10.1. The maximum Gasteiger partial charge on any atom is 0.232 e. The third kappa shape index (κ3) is 4.82. The van der Waals surface area contributed by atoms with Crippen molar-refractivity contribution in [2.45, 2.75) is 38.7 Å². The Balaban J connectivity index is 1.37. The molecule has 4 rings (SSSR count). The predicted molar refractivity (Wildman–Crippen MR) is 115 cm³/mol. The number of rotatable bonds is 7. The molecule has 1 fully saturated rings. The molecule has 0 radical (unpaired) electrons. The summed E-state index contributed by atoms with van der Waals surface area (Å²) in [4.78, 5) is 18.8. The molecule has 1 aliphatic rings. The molecule has 2 heterocycles. The molecule has 6 nitrogen and oxygen atoms in total. The molecule has 1 aliphatic heterocycles. The monoisotopic (exact) mass is 425 g/mol. The largest absolute Gasteiger partial charge is 0.491 e. The molecular formula is C23H24ClN3O3. The second kappa shape index (κ2) is 8.88. The number of hydrogen-bond donors (Lipinski definition) is 0. The second-order valence-corrected chi connectivity index (χ2v) is 8.20. The SMILES string of the molecule is CC(C)Oc1ccc(-c2noc(C3CC(=O)N(CCc4ccc(Cl)cc4)C3)n2)cc1. The number of likely N-dealkylation sites (tertiary alicyclic amines) is 1. The van der Waals surface area contributed by atoms with Crippen molar-refractivity contribution in [3.05, 3.63) is 65.0 Å². The van der Waals surface area contributed by atoms with Gasteiger partial charge in [0.15, 0.2) is 0 Å². The number of carbonyl (C=O) groups excluding carboxylic acids is 1. The Labute approximate surface area is 180 Å². The molecule has 0 spiro atoms. The highest BCUT2D eigenvalue weighted by Gasteiger charge is 2.34. The van der Waals surface area contributed by atoms with E-state index in [1.165, 1.54) is 0 Å². The Hall–Kier alpha value is -2.86. The second-order valence-electron chi connectivity index (χ2n) is 7.76. The topological polar surface area (TPSA) is 68.5 Å². The van der Waals surface area contributed by atoms with Crippen LogP contribution in [0.3, 0.4) is 0 Å². The van der Waals surface area contributed by atoms with Crippen molar-refractivity contribution in [2.75, 3.05) is 13.1 Å². The summed E-state index contributed by atoms with van der Waals surface area (Å²) >= 11 is 5.93. The van der Waals surface area contributed by atoms with Crippen LogP contribution in [0.25, 0.3) is 11.4 Å². The predicted octanol–water partition coefficient (Wildman–Crippen LogP) is 4.74. The van der Waals surface area contributed by atoms with Crippen molar-refractivity contribution in [3.8, 4) is 17.1 Å². The van der Waals surface area contributed by atoms with Crippen LogP contribution in [0.4, 0.5) is 0 Å². The first-order valence-corrected chi connectivity index (χ1v) is 10.5. The quantitative estimate of drug-likeness (QED) is 0.547. The standard InChI is InChI=1S/C23H24ClN3O3/c1-15(2)29-20-9-5-17(6-10-20)22-25-23(30-26-22)18-13-21(28)27(14-18)12-11-16-3-7-19(24)8-4-16/h3-10,15,18H,11-14H2,1-2H3. The lowest BCUT2D eigenvalue weighted by molar-refractivity contribution is -0.127. The van der Waals surface area contributed by atoms with Gasteiger partial charge in [0.1, 0.15) is 5.75 Å². The zero-order valence-electron chi connectivity index (χ0n) is 17.0. The van der Waals surface area contributed by atoms with Crippen LogP contribution in [-0.4, -0.2) is 40.1 Å². The minimum atomic E-state index is -0.0764. The molecule has 2 aromatic carbocycles. The summed E-state index contributed by atoms with van der Waals surface area (Å²) in [5.41, 5.74) is 2.01. The molecule has 3 aromatic rings. The van der Waals surface area contributed by atoms with Gasteiger partial charge in [-0.2, -0.15) is 4.98 Å². The van der Waals surface area contributed by atoms with E-state index in [1.54, 1.807) is 0 Å². The summed E-state index contributed by atoms with van der Waals surface area (Å²) in [6, 6.07) is 15.3. The Morgan fingerprint density at radius 1 is 1.17 bits per heavy atom. The van der Waals surface area contributed by atoms with Crippen molar-refractivity contribution >= 4 is 17.5 Å². The van der Waals surface area contributed by atoms with Gasteiger partial charge in [-0.1, -0.05) is 28.9 Å². The summed E-state index contributed by atoms with van der Waals surface area (Å²) in [5.74, 6) is 1.87. The van der Waals surface area contributed by atoms with Crippen LogP contribution in [0, 0.1) is 0 Å². The van der Waals surface area contributed by atoms with Gasteiger partial charge < -0.3 is 14.2 Å². The van der Waals surface area contributed by atoms with E-state index in [9.17, 15) is 4.79 Å². The minimum Gasteiger partial charge on any atom is -0.491 e. The Morgan fingerprint density at radius 3 is 2.60 bits per heavy atom. The summed E-state index contributed by atoms with van der Waals surface area (Å²) < 4.78 is 11.1. The van der Waals surface area contributed by atoms with Gasteiger partial charge in [0, 0.05) is 30.1 Å². The van der Waals surface area contributed by atoms with Gasteiger partial charge in [-0.15, -0.1) is 0 Å². The van der Waals surface area contributed by atoms with Crippen LogP contribution in [-0.2, 0) is 11.2 Å². The molecule has 1 amide bonds. The molecule has 1 aromatic heterocycles. The first kappa shape index (κ1) is 20.4. The lowest BCUT2D eigenvalue weighted by Crippen LogP contribution is -2.27. The molecule has 1 saturated heterocycles. The molecule has 0 aliphatic carbocycles. The van der Waals surface area contributed by atoms with Crippen molar-refractivity contribution in [3.63, 3.8) is 0 Å². The number of nitrogens with zero attached hydrogens (tertiary/aromatic N) is 3. The van der Waals surface area contributed by atoms with E-state index in [1.807, 2.05) is 67.3 Å². The zero-order valence-corrected chi connectivity index (χ0v) is 17.8. The first-order chi connectivity index (χ1) is 14.5. The van der Waals surface area contributed by atoms with Crippen LogP contribution >= 0.6 is 11.6 Å². The number of carbonyl (C=O) groups is 1. The highest BCUT2D eigenvalue weighted by atomic mass is 35.5. The van der Waals surface area contributed by atoms with Gasteiger partial charge >= 0.3 is 0 Å². The van der Waals surface area contributed by atoms with Gasteiger partial charge in [0.2, 0.25) is 17.6 Å². The summed E-state index contributed by atoms with van der Waals surface area (Å²) in [7, 11) is 0. The molecule has 1 unspecified atom stereocenters. The fraction of sp³-hybridized carbons (Fsp3) is 0.348. The van der Waals surface area contributed by atoms with Crippen LogP contribution in [0.5, 0.6) is 5.75 Å². The Morgan fingerprint density at radius 2 is 1.90 bits per heavy atom. The molecule has 0 bridgehead atoms. The van der Waals surface area contributed by atoms with Crippen LogP contribution < -0.4 is 4.74 Å². The normalized spacial score (nSPS) is 16.5. The Kier molecular flexibility index (Phi) is 6.04. The number of hydrogen-bond acceptors (Lipinski definition) is 5. The molecule has 30 heavy (non-hydrogen) atoms. The van der Waals surface area contributed by atoms with E-state index in [0.29, 0.717) is 36.2 Å². The minimum absolute atomic E-state index is 0.0764. The van der Waals surface area contributed by atoms with Crippen LogP contribution in [0.2, 0.25) is 5.02 Å². The molecule has 0 saturated carbocycles. The average Bonchev–Trinajstić information content (AvgIpc) is 3.35. The number of ether oxygens (including phenoxy) is 1. The zero-order chi connectivity index (χ0) is 21.1. The van der Waals surface area contributed by atoms with Crippen LogP contribution in [0.15, 0.2) is 53.1 Å². The summed E-state index contributed by atoms with van der Waals surface area (Å²) in [5, 5.41) is 4.82. The van der Waals surface area contributed by atoms with Crippen molar-refractivity contribution < 1.29 is 14.1 Å². The van der Waals surface area contributed by atoms with Gasteiger partial charge in [-0.05, 0) is 62.2 Å². The van der Waals surface area contributed by atoms with Crippen molar-refractivity contribution in [2.24, 2.45) is 0 Å². The van der Waals surface area contributed by atoms with E-state index >= 15 is 0 Å². The fourth-order valence-electron chi connectivity index (χ4n) is 3.54. The van der Waals surface area contributed by atoms with Crippen molar-refractivity contribution in [1.29, 1.82) is 0 Å². The van der Waals surface area contributed by atoms with E-state index in [2.05, 4.69) is 10.1 Å². The van der Waals surface area contributed by atoms with Crippen LogP contribution in [0.1, 0.15) is 37.6 Å². The number of amides is 1. The van der Waals surface area contributed by atoms with Gasteiger partial charge in [0.25, 0.3) is 0 Å². The number of aromatic nitrogens is 2. The lowest BCUT2D eigenvalue weighted by Gasteiger charge is -2.15. The Bertz CT molecular complexity index is 999.